The first-order valence-corrected chi connectivity index (χ1v) is 7.57. The minimum atomic E-state index is -0.304. The molecule has 0 spiro atoms. The Morgan fingerprint density at radius 2 is 2.10 bits per heavy atom. The zero-order valence-corrected chi connectivity index (χ0v) is 13.3. The van der Waals surface area contributed by atoms with E-state index < -0.39 is 0 Å². The number of hydrogen-bond acceptors (Lipinski definition) is 5. The summed E-state index contributed by atoms with van der Waals surface area (Å²) in [5.74, 6) is 0.287. The van der Waals surface area contributed by atoms with Crippen molar-refractivity contribution in [2.45, 2.75) is 6.92 Å². The van der Waals surface area contributed by atoms with Crippen LogP contribution in [-0.4, -0.2) is 24.4 Å². The zero-order chi connectivity index (χ0) is 14.8. The van der Waals surface area contributed by atoms with Crippen molar-refractivity contribution < 1.29 is 4.79 Å². The van der Waals surface area contributed by atoms with Gasteiger partial charge in [-0.25, -0.2) is 4.68 Å². The summed E-state index contributed by atoms with van der Waals surface area (Å²) in [7, 11) is 0. The lowest BCUT2D eigenvalue weighted by Gasteiger charge is -2.08. The molecule has 0 atom stereocenters. The van der Waals surface area contributed by atoms with Gasteiger partial charge in [-0.15, -0.1) is 0 Å². The Kier molecular flexibility index (Phi) is 3.80. The number of halogens is 1. The second-order valence-corrected chi connectivity index (χ2v) is 5.78. The average Bonchev–Trinajstić information content (AvgIpc) is 3.09. The number of nitrogens with one attached hydrogen (secondary N) is 1. The molecule has 106 valence electrons. The first-order chi connectivity index (χ1) is 10.1. The number of anilines is 1. The lowest BCUT2D eigenvalue weighted by molar-refractivity contribution is 0.102. The van der Waals surface area contributed by atoms with Gasteiger partial charge in [0.1, 0.15) is 5.82 Å². The predicted octanol–water partition coefficient (Wildman–Crippen LogP) is 3.05. The molecule has 0 aliphatic rings. The maximum atomic E-state index is 12.1. The van der Waals surface area contributed by atoms with Crippen molar-refractivity contribution in [1.82, 2.24) is 18.5 Å². The molecule has 1 N–H and O–H groups in total. The maximum Gasteiger partial charge on any atom is 0.278 e. The summed E-state index contributed by atoms with van der Waals surface area (Å²) in [6.45, 7) is 1.87. The van der Waals surface area contributed by atoms with Crippen LogP contribution in [0.2, 0.25) is 0 Å². The van der Waals surface area contributed by atoms with Crippen molar-refractivity contribution >= 4 is 39.4 Å². The zero-order valence-electron chi connectivity index (χ0n) is 10.9. The van der Waals surface area contributed by atoms with Gasteiger partial charge in [0, 0.05) is 10.5 Å². The van der Waals surface area contributed by atoms with Crippen LogP contribution in [0.15, 0.2) is 41.0 Å². The van der Waals surface area contributed by atoms with Gasteiger partial charge in [-0.05, 0) is 31.2 Å². The standard InChI is InChI=1S/C13H10BrN5OS/c1-8-6-12(16-13(20)11-7-15-21-18-11)19(17-8)10-4-2-9(14)3-5-10/h2-7H,1H3,(H,16,20). The highest BCUT2D eigenvalue weighted by molar-refractivity contribution is 9.10. The van der Waals surface area contributed by atoms with Gasteiger partial charge in [0.25, 0.3) is 5.91 Å². The number of aryl methyl sites for hydroxylation is 1. The molecule has 0 aliphatic heterocycles. The minimum Gasteiger partial charge on any atom is -0.305 e. The third-order valence-corrected chi connectivity index (χ3v) is 3.74. The first-order valence-electron chi connectivity index (χ1n) is 6.05. The SMILES string of the molecule is Cc1cc(NC(=O)c2cnsn2)n(-c2ccc(Br)cc2)n1. The Hall–Kier alpha value is -2.06. The summed E-state index contributed by atoms with van der Waals surface area (Å²) in [6, 6.07) is 9.47. The van der Waals surface area contributed by atoms with Gasteiger partial charge in [-0.3, -0.25) is 4.79 Å². The van der Waals surface area contributed by atoms with Crippen LogP contribution in [0.5, 0.6) is 0 Å². The van der Waals surface area contributed by atoms with Crippen LogP contribution in [0.25, 0.3) is 5.69 Å². The fourth-order valence-electron chi connectivity index (χ4n) is 1.81. The van der Waals surface area contributed by atoms with E-state index >= 15 is 0 Å². The quantitative estimate of drug-likeness (QED) is 0.775. The van der Waals surface area contributed by atoms with E-state index in [9.17, 15) is 4.79 Å². The normalized spacial score (nSPS) is 10.6. The van der Waals surface area contributed by atoms with Crippen molar-refractivity contribution in [3.63, 3.8) is 0 Å². The lowest BCUT2D eigenvalue weighted by atomic mass is 10.3. The molecule has 6 nitrogen and oxygen atoms in total. The van der Waals surface area contributed by atoms with Gasteiger partial charge in [-0.1, -0.05) is 15.9 Å². The molecule has 0 saturated carbocycles. The van der Waals surface area contributed by atoms with E-state index in [1.807, 2.05) is 31.2 Å². The molecule has 0 fully saturated rings. The third-order valence-electron chi connectivity index (χ3n) is 2.74. The summed E-state index contributed by atoms with van der Waals surface area (Å²) < 4.78 is 10.4. The maximum absolute atomic E-state index is 12.1. The summed E-state index contributed by atoms with van der Waals surface area (Å²) in [4.78, 5) is 12.1. The molecule has 0 aliphatic carbocycles. The van der Waals surface area contributed by atoms with Crippen LogP contribution in [0.4, 0.5) is 5.82 Å². The van der Waals surface area contributed by atoms with Crippen molar-refractivity contribution in [2.24, 2.45) is 0 Å². The summed E-state index contributed by atoms with van der Waals surface area (Å²) >= 11 is 4.39. The van der Waals surface area contributed by atoms with Crippen LogP contribution >= 0.6 is 27.7 Å². The van der Waals surface area contributed by atoms with Crippen molar-refractivity contribution in [1.29, 1.82) is 0 Å². The van der Waals surface area contributed by atoms with Gasteiger partial charge in [-0.2, -0.15) is 13.8 Å². The number of aromatic nitrogens is 4. The lowest BCUT2D eigenvalue weighted by Crippen LogP contribution is -2.15. The van der Waals surface area contributed by atoms with Gasteiger partial charge < -0.3 is 5.32 Å². The molecule has 2 heterocycles. The molecular weight excluding hydrogens is 354 g/mol. The number of carbonyl (C=O) groups excluding carboxylic acids is 1. The van der Waals surface area contributed by atoms with Gasteiger partial charge in [0.05, 0.1) is 29.3 Å². The van der Waals surface area contributed by atoms with E-state index in [1.54, 1.807) is 10.7 Å². The van der Waals surface area contributed by atoms with E-state index in [-0.39, 0.29) is 5.91 Å². The molecule has 3 rings (SSSR count). The van der Waals surface area contributed by atoms with Gasteiger partial charge >= 0.3 is 0 Å². The monoisotopic (exact) mass is 363 g/mol. The smallest absolute Gasteiger partial charge is 0.278 e. The molecule has 1 amide bonds. The van der Waals surface area contributed by atoms with E-state index in [4.69, 9.17) is 0 Å². The molecule has 2 aromatic heterocycles. The fourth-order valence-corrected chi connectivity index (χ4v) is 2.49. The third kappa shape index (κ3) is 3.01. The Morgan fingerprint density at radius 1 is 1.33 bits per heavy atom. The largest absolute Gasteiger partial charge is 0.305 e. The van der Waals surface area contributed by atoms with Crippen LogP contribution in [-0.2, 0) is 0 Å². The van der Waals surface area contributed by atoms with E-state index in [1.165, 1.54) is 6.20 Å². The highest BCUT2D eigenvalue weighted by Crippen LogP contribution is 2.19. The Bertz CT molecular complexity index is 766. The van der Waals surface area contributed by atoms with E-state index in [0.29, 0.717) is 11.5 Å². The van der Waals surface area contributed by atoms with Crippen molar-refractivity contribution in [2.75, 3.05) is 5.32 Å². The molecule has 1 aromatic carbocycles. The highest BCUT2D eigenvalue weighted by Gasteiger charge is 2.14. The molecule has 0 bridgehead atoms. The first kappa shape index (κ1) is 13.9. The summed E-state index contributed by atoms with van der Waals surface area (Å²) in [6.07, 6.45) is 1.44. The van der Waals surface area contributed by atoms with Crippen molar-refractivity contribution in [3.05, 3.63) is 52.4 Å². The number of rotatable bonds is 3. The Labute approximate surface area is 133 Å². The van der Waals surface area contributed by atoms with Crippen molar-refractivity contribution in [3.8, 4) is 5.69 Å². The van der Waals surface area contributed by atoms with Crippen LogP contribution in [0.1, 0.15) is 16.2 Å². The Morgan fingerprint density at radius 3 is 2.76 bits per heavy atom. The molecule has 3 aromatic rings. The summed E-state index contributed by atoms with van der Waals surface area (Å²) in [5.41, 5.74) is 1.96. The average molecular weight is 364 g/mol. The molecule has 0 unspecified atom stereocenters. The molecular formula is C13H10BrN5OS. The molecule has 0 saturated heterocycles. The second kappa shape index (κ2) is 5.74. The molecule has 21 heavy (non-hydrogen) atoms. The Balaban J connectivity index is 1.92. The van der Waals surface area contributed by atoms with Crippen LogP contribution in [0, 0.1) is 6.92 Å². The van der Waals surface area contributed by atoms with Gasteiger partial charge in [0.2, 0.25) is 0 Å². The van der Waals surface area contributed by atoms with Crippen LogP contribution in [0.3, 0.4) is 0 Å². The molecule has 0 radical (unpaired) electrons. The topological polar surface area (TPSA) is 72.7 Å². The number of hydrogen-bond donors (Lipinski definition) is 1. The minimum absolute atomic E-state index is 0.293. The number of nitrogens with zero attached hydrogens (tertiary/aromatic N) is 4. The van der Waals surface area contributed by atoms with Crippen LogP contribution < -0.4 is 5.32 Å². The van der Waals surface area contributed by atoms with Gasteiger partial charge in [0.15, 0.2) is 5.69 Å². The number of amides is 1. The number of carbonyl (C=O) groups is 1. The molecule has 8 heteroatoms. The second-order valence-electron chi connectivity index (χ2n) is 4.31. The predicted molar refractivity (Wildman–Crippen MR) is 83.9 cm³/mol. The van der Waals surface area contributed by atoms with E-state index in [0.717, 1.165) is 27.6 Å². The fraction of sp³-hybridized carbons (Fsp3) is 0.0769. The highest BCUT2D eigenvalue weighted by atomic mass is 79.9. The number of benzene rings is 1. The van der Waals surface area contributed by atoms with E-state index in [2.05, 4.69) is 35.1 Å². The summed E-state index contributed by atoms with van der Waals surface area (Å²) in [5, 5.41) is 7.20.